The van der Waals surface area contributed by atoms with Gasteiger partial charge < -0.3 is 14.3 Å². The molecule has 1 N–H and O–H groups in total. The summed E-state index contributed by atoms with van der Waals surface area (Å²) in [5.74, 6) is 4.06. The second kappa shape index (κ2) is 5.80. The van der Waals surface area contributed by atoms with Gasteiger partial charge in [-0.05, 0) is 60.9 Å². The SMILES string of the molecule is COc1cc2c(cc1O)[C@@H]1CCc3oc(CC4CC4)cc3CN1CC2. The fourth-order valence-corrected chi connectivity index (χ4v) is 4.53. The summed E-state index contributed by atoms with van der Waals surface area (Å²) >= 11 is 0. The van der Waals surface area contributed by atoms with Gasteiger partial charge >= 0.3 is 0 Å². The fraction of sp³-hybridized carbons (Fsp3) is 0.524. The molecule has 25 heavy (non-hydrogen) atoms. The summed E-state index contributed by atoms with van der Waals surface area (Å²) in [6.45, 7) is 2.01. The molecule has 0 radical (unpaired) electrons. The zero-order chi connectivity index (χ0) is 17.0. The van der Waals surface area contributed by atoms with Gasteiger partial charge in [-0.1, -0.05) is 0 Å². The van der Waals surface area contributed by atoms with Crippen LogP contribution in [0.15, 0.2) is 22.6 Å². The summed E-state index contributed by atoms with van der Waals surface area (Å²) in [6, 6.07) is 6.58. The molecule has 1 aliphatic carbocycles. The van der Waals surface area contributed by atoms with Crippen molar-refractivity contribution in [3.05, 3.63) is 46.4 Å². The van der Waals surface area contributed by atoms with Gasteiger partial charge in [0.2, 0.25) is 0 Å². The summed E-state index contributed by atoms with van der Waals surface area (Å²) in [5.41, 5.74) is 3.94. The molecule has 2 aromatic rings. The highest BCUT2D eigenvalue weighted by atomic mass is 16.5. The molecule has 1 atom stereocenters. The number of hydrogen-bond donors (Lipinski definition) is 1. The van der Waals surface area contributed by atoms with Crippen molar-refractivity contribution >= 4 is 0 Å². The van der Waals surface area contributed by atoms with Crippen molar-refractivity contribution in [2.75, 3.05) is 13.7 Å². The molecule has 1 aromatic heterocycles. The van der Waals surface area contributed by atoms with Gasteiger partial charge in [0, 0.05) is 37.5 Å². The number of fused-ring (bicyclic) bond motifs is 4. The first-order chi connectivity index (χ1) is 12.2. The number of aromatic hydroxyl groups is 1. The van der Waals surface area contributed by atoms with Crippen LogP contribution >= 0.6 is 0 Å². The molecule has 0 amide bonds. The Bertz CT molecular complexity index is 806. The van der Waals surface area contributed by atoms with Crippen molar-refractivity contribution in [1.82, 2.24) is 4.90 Å². The zero-order valence-electron chi connectivity index (χ0n) is 14.8. The molecule has 3 heterocycles. The summed E-state index contributed by atoms with van der Waals surface area (Å²) in [4.78, 5) is 2.55. The van der Waals surface area contributed by atoms with Gasteiger partial charge in [-0.25, -0.2) is 0 Å². The van der Waals surface area contributed by atoms with E-state index in [1.165, 1.54) is 41.1 Å². The van der Waals surface area contributed by atoms with E-state index >= 15 is 0 Å². The number of methoxy groups -OCH3 is 1. The first-order valence-corrected chi connectivity index (χ1v) is 9.45. The Hall–Kier alpha value is -1.94. The number of aryl methyl sites for hydroxylation is 1. The number of furan rings is 1. The molecule has 1 fully saturated rings. The molecular weight excluding hydrogens is 314 g/mol. The van der Waals surface area contributed by atoms with Crippen molar-refractivity contribution in [1.29, 1.82) is 0 Å². The highest BCUT2D eigenvalue weighted by molar-refractivity contribution is 5.49. The van der Waals surface area contributed by atoms with Crippen LogP contribution in [0.4, 0.5) is 0 Å². The van der Waals surface area contributed by atoms with Crippen LogP contribution < -0.4 is 4.74 Å². The highest BCUT2D eigenvalue weighted by Gasteiger charge is 2.33. The average Bonchev–Trinajstić information content (AvgIpc) is 3.37. The lowest BCUT2D eigenvalue weighted by atomic mass is 9.90. The van der Waals surface area contributed by atoms with Crippen molar-refractivity contribution < 1.29 is 14.3 Å². The Labute approximate surface area is 148 Å². The maximum atomic E-state index is 10.2. The number of hydrogen-bond acceptors (Lipinski definition) is 4. The molecule has 0 unspecified atom stereocenters. The van der Waals surface area contributed by atoms with Crippen LogP contribution in [0.25, 0.3) is 0 Å². The molecule has 4 heteroatoms. The Balaban J connectivity index is 1.43. The van der Waals surface area contributed by atoms with Gasteiger partial charge in [-0.3, -0.25) is 4.90 Å². The van der Waals surface area contributed by atoms with Gasteiger partial charge in [0.05, 0.1) is 7.11 Å². The van der Waals surface area contributed by atoms with E-state index in [0.717, 1.165) is 44.7 Å². The van der Waals surface area contributed by atoms with E-state index in [2.05, 4.69) is 11.0 Å². The van der Waals surface area contributed by atoms with Gasteiger partial charge in [0.25, 0.3) is 0 Å². The number of phenols is 1. The third kappa shape index (κ3) is 2.73. The highest BCUT2D eigenvalue weighted by Crippen LogP contribution is 2.42. The van der Waals surface area contributed by atoms with Crippen LogP contribution in [0.2, 0.25) is 0 Å². The second-order valence-electron chi connectivity index (χ2n) is 7.81. The zero-order valence-corrected chi connectivity index (χ0v) is 14.8. The lowest BCUT2D eigenvalue weighted by Crippen LogP contribution is -2.34. The minimum Gasteiger partial charge on any atom is -0.504 e. The van der Waals surface area contributed by atoms with Crippen molar-refractivity contribution in [3.63, 3.8) is 0 Å². The minimum absolute atomic E-state index is 0.246. The number of ether oxygens (including phenoxy) is 1. The van der Waals surface area contributed by atoms with Gasteiger partial charge in [0.15, 0.2) is 11.5 Å². The van der Waals surface area contributed by atoms with Gasteiger partial charge in [-0.2, -0.15) is 0 Å². The monoisotopic (exact) mass is 339 g/mol. The van der Waals surface area contributed by atoms with Crippen LogP contribution in [-0.2, 0) is 25.8 Å². The molecule has 0 bridgehead atoms. The fourth-order valence-electron chi connectivity index (χ4n) is 4.53. The Kier molecular flexibility index (Phi) is 3.56. The van der Waals surface area contributed by atoms with Crippen molar-refractivity contribution in [3.8, 4) is 11.5 Å². The molecule has 0 saturated heterocycles. The first-order valence-electron chi connectivity index (χ1n) is 9.45. The standard InChI is InChI=1S/C21H25NO3/c1-24-21-10-14-6-7-22-12-15-9-16(8-13-2-3-13)25-20(15)5-4-18(22)17(14)11-19(21)23/h9-11,13,18,23H,2-8,12H2,1H3/t18-/m0/s1. The molecule has 0 spiro atoms. The molecule has 3 aliphatic rings. The second-order valence-corrected chi connectivity index (χ2v) is 7.81. The molecule has 132 valence electrons. The van der Waals surface area contributed by atoms with E-state index < -0.39 is 0 Å². The van der Waals surface area contributed by atoms with E-state index in [-0.39, 0.29) is 5.75 Å². The maximum absolute atomic E-state index is 10.2. The summed E-state index contributed by atoms with van der Waals surface area (Å²) < 4.78 is 11.5. The third-order valence-corrected chi connectivity index (χ3v) is 6.06. The van der Waals surface area contributed by atoms with Crippen LogP contribution in [0.5, 0.6) is 11.5 Å². The minimum atomic E-state index is 0.246. The maximum Gasteiger partial charge on any atom is 0.160 e. The van der Waals surface area contributed by atoms with Crippen LogP contribution in [0, 0.1) is 5.92 Å². The van der Waals surface area contributed by atoms with Crippen LogP contribution in [0.3, 0.4) is 0 Å². The van der Waals surface area contributed by atoms with E-state index in [1.54, 1.807) is 7.11 Å². The van der Waals surface area contributed by atoms with E-state index in [9.17, 15) is 5.11 Å². The Morgan fingerprint density at radius 3 is 2.84 bits per heavy atom. The van der Waals surface area contributed by atoms with E-state index in [0.29, 0.717) is 11.8 Å². The van der Waals surface area contributed by atoms with Crippen LogP contribution in [-0.4, -0.2) is 23.7 Å². The average molecular weight is 339 g/mol. The molecule has 5 rings (SSSR count). The topological polar surface area (TPSA) is 45.8 Å². The van der Waals surface area contributed by atoms with Crippen LogP contribution in [0.1, 0.15) is 53.5 Å². The predicted octanol–water partition coefficient (Wildman–Crippen LogP) is 3.99. The molecular formula is C21H25NO3. The van der Waals surface area contributed by atoms with Gasteiger partial charge in [0.1, 0.15) is 11.5 Å². The summed E-state index contributed by atoms with van der Waals surface area (Å²) in [6.07, 6.45) is 6.87. The molecule has 1 saturated carbocycles. The number of nitrogens with zero attached hydrogens (tertiary/aromatic N) is 1. The number of phenolic OH excluding ortho intramolecular Hbond substituents is 1. The Morgan fingerprint density at radius 2 is 2.04 bits per heavy atom. The van der Waals surface area contributed by atoms with Crippen molar-refractivity contribution in [2.24, 2.45) is 5.92 Å². The normalized spacial score (nSPS) is 22.7. The largest absolute Gasteiger partial charge is 0.504 e. The van der Waals surface area contributed by atoms with E-state index in [4.69, 9.17) is 9.15 Å². The predicted molar refractivity (Wildman–Crippen MR) is 95.0 cm³/mol. The Morgan fingerprint density at radius 1 is 1.16 bits per heavy atom. The van der Waals surface area contributed by atoms with Gasteiger partial charge in [-0.15, -0.1) is 0 Å². The number of benzene rings is 1. The molecule has 2 aliphatic heterocycles. The van der Waals surface area contributed by atoms with E-state index in [1.807, 2.05) is 12.1 Å². The summed E-state index contributed by atoms with van der Waals surface area (Å²) in [5, 5.41) is 10.2. The third-order valence-electron chi connectivity index (χ3n) is 6.06. The molecule has 1 aromatic carbocycles. The first kappa shape index (κ1) is 15.3. The van der Waals surface area contributed by atoms with Crippen molar-refractivity contribution in [2.45, 2.75) is 51.1 Å². The summed E-state index contributed by atoms with van der Waals surface area (Å²) in [7, 11) is 1.61. The molecule has 4 nitrogen and oxygen atoms in total. The number of rotatable bonds is 3. The lowest BCUT2D eigenvalue weighted by molar-refractivity contribution is 0.173. The lowest BCUT2D eigenvalue weighted by Gasteiger charge is -2.36. The smallest absolute Gasteiger partial charge is 0.160 e. The quantitative estimate of drug-likeness (QED) is 0.918.